The van der Waals surface area contributed by atoms with E-state index in [9.17, 15) is 26.0 Å². The van der Waals surface area contributed by atoms with Gasteiger partial charge in [0.1, 0.15) is 5.65 Å². The molecule has 0 atom stereocenters. The van der Waals surface area contributed by atoms with Crippen molar-refractivity contribution >= 4 is 32.1 Å². The van der Waals surface area contributed by atoms with Crippen molar-refractivity contribution in [3.05, 3.63) is 103 Å². The summed E-state index contributed by atoms with van der Waals surface area (Å²) >= 11 is 0. The molecule has 358 valence electrons. The third-order valence-corrected chi connectivity index (χ3v) is 15.9. The van der Waals surface area contributed by atoms with Crippen LogP contribution in [0, 0.1) is 0 Å². The fraction of sp³-hybridized carbons (Fsp3) is 0.480. The number of pyridine rings is 2. The van der Waals surface area contributed by atoms with E-state index >= 15 is 0 Å². The van der Waals surface area contributed by atoms with Crippen molar-refractivity contribution in [1.29, 1.82) is 0 Å². The van der Waals surface area contributed by atoms with Crippen molar-refractivity contribution in [2.24, 2.45) is 14.1 Å². The van der Waals surface area contributed by atoms with Crippen LogP contribution in [0.1, 0.15) is 102 Å². The Morgan fingerprint density at radius 2 is 1.15 bits per heavy atom. The summed E-state index contributed by atoms with van der Waals surface area (Å²) in [6.45, 7) is 0.808. The van der Waals surface area contributed by atoms with E-state index in [1.807, 2.05) is 54.9 Å². The quantitative estimate of drug-likeness (QED) is 0.150. The van der Waals surface area contributed by atoms with Gasteiger partial charge in [0.25, 0.3) is 21.9 Å². The number of nitrogens with one attached hydrogen (secondary N) is 1. The first kappa shape index (κ1) is 48.1. The van der Waals surface area contributed by atoms with Crippen LogP contribution in [0.25, 0.3) is 44.3 Å². The van der Waals surface area contributed by atoms with Gasteiger partial charge >= 0.3 is 0 Å². The van der Waals surface area contributed by atoms with Gasteiger partial charge in [-0.25, -0.2) is 39.9 Å². The number of aryl methyl sites for hydroxylation is 2. The molecule has 17 heteroatoms. The lowest BCUT2D eigenvalue weighted by molar-refractivity contribution is 0.00459. The number of likely N-dealkylation sites (tertiary alicyclic amines) is 2. The summed E-state index contributed by atoms with van der Waals surface area (Å²) in [5.74, 6) is -4.36. The van der Waals surface area contributed by atoms with Crippen molar-refractivity contribution in [1.82, 2.24) is 48.3 Å². The van der Waals surface area contributed by atoms with E-state index in [1.165, 1.54) is 9.54 Å². The van der Waals surface area contributed by atoms with Crippen LogP contribution in [-0.4, -0.2) is 107 Å². The average Bonchev–Trinajstić information content (AvgIpc) is 4.18. The minimum Gasteiger partial charge on any atom is -0.346 e. The van der Waals surface area contributed by atoms with Gasteiger partial charge in [-0.1, -0.05) is 33.1 Å². The van der Waals surface area contributed by atoms with E-state index in [1.54, 1.807) is 58.3 Å². The molecule has 0 spiro atoms. The Morgan fingerprint density at radius 3 is 1.64 bits per heavy atom. The normalized spacial score (nSPS) is 23.1. The van der Waals surface area contributed by atoms with Gasteiger partial charge in [-0.05, 0) is 98.6 Å². The number of halogens is 4. The molecule has 1 aromatic carbocycles. The second-order valence-corrected chi connectivity index (χ2v) is 20.4. The fourth-order valence-electron chi connectivity index (χ4n) is 10.7. The highest BCUT2D eigenvalue weighted by atomic mass is 32.2. The molecular weight excluding hydrogens is 881 g/mol. The van der Waals surface area contributed by atoms with Crippen LogP contribution in [0.3, 0.4) is 0 Å². The molecule has 6 aromatic heterocycles. The molecule has 2 aliphatic heterocycles. The number of hydrogen-bond donors (Lipinski definition) is 1. The summed E-state index contributed by atoms with van der Waals surface area (Å²) < 4.78 is 86.3. The van der Waals surface area contributed by atoms with Crippen LogP contribution >= 0.6 is 0 Å². The first-order chi connectivity index (χ1) is 31.2. The number of nitrogens with zero attached hydrogens (tertiary/aromatic N) is 9. The number of H-pyrrole nitrogens is 1. The van der Waals surface area contributed by atoms with Gasteiger partial charge in [-0.15, -0.1) is 0 Å². The number of rotatable bonds is 8. The summed E-state index contributed by atoms with van der Waals surface area (Å²) in [5.41, 5.74) is 7.32. The highest BCUT2D eigenvalue weighted by Crippen LogP contribution is 2.42. The van der Waals surface area contributed by atoms with Gasteiger partial charge in [-0.2, -0.15) is 10.2 Å². The Balaban J connectivity index is 0.000000183. The first-order valence-electron chi connectivity index (χ1n) is 22.7. The Morgan fingerprint density at radius 1 is 0.642 bits per heavy atom. The number of hydrogen-bond acceptors (Lipinski definition) is 8. The third kappa shape index (κ3) is 9.82. The molecule has 7 aromatic rings. The minimum atomic E-state index is -3.85. The van der Waals surface area contributed by atoms with Crippen LogP contribution in [0.2, 0.25) is 0 Å². The van der Waals surface area contributed by atoms with Crippen molar-refractivity contribution in [3.63, 3.8) is 0 Å². The lowest BCUT2D eigenvalue weighted by atomic mass is 9.81. The largest absolute Gasteiger partial charge is 0.346 e. The molecule has 2 saturated heterocycles. The maximum Gasteiger partial charge on any atom is 0.269 e. The molecule has 0 bridgehead atoms. The fourth-order valence-corrected chi connectivity index (χ4v) is 12.1. The molecule has 1 N–H and O–H groups in total. The molecule has 4 fully saturated rings. The zero-order chi connectivity index (χ0) is 45.1. The Hall–Kier alpha value is -5.39. The van der Waals surface area contributed by atoms with E-state index in [2.05, 4.69) is 37.3 Å². The highest BCUT2D eigenvalue weighted by Gasteiger charge is 2.43. The number of aromatic amines is 1. The number of benzene rings is 1. The zero-order valence-electron chi connectivity index (χ0n) is 36.6. The number of aromatic nitrogens is 8. The molecule has 4 aliphatic rings. The summed E-state index contributed by atoms with van der Waals surface area (Å²) in [5, 5.41) is 10.4. The smallest absolute Gasteiger partial charge is 0.269 e. The topological polar surface area (TPSA) is 123 Å². The van der Waals surface area contributed by atoms with Crippen LogP contribution in [0.5, 0.6) is 0 Å². The standard InChI is InChI=1S/C27H29F2N5O2S.C21H25F2N5.2CH4/c1-32-16-21(15-31-32)25-17-34(37(35,36)23-5-3-2-4-6-23)26-24(25)13-20(14-30-26)19-7-9-22(10-8-19)33-12-11-27(28,29)18-33;1-27-12-16(10-26-27)19-11-25-20-18(19)8-15(9-24-20)14-2-4-17(5-3-14)28-7-6-21(22,23)13-28;;/h2-6,13-17,19,22H,7-12,18H2,1H3;8-12,14,17H,2-7,13H2,1H3,(H,24,25);2*1H4. The van der Waals surface area contributed by atoms with Crippen molar-refractivity contribution in [2.75, 3.05) is 26.2 Å². The van der Waals surface area contributed by atoms with E-state index in [4.69, 9.17) is 0 Å². The zero-order valence-corrected chi connectivity index (χ0v) is 37.4. The van der Waals surface area contributed by atoms with Gasteiger partial charge in [0.05, 0.1) is 30.4 Å². The Bertz CT molecular complexity index is 2910. The lowest BCUT2D eigenvalue weighted by Gasteiger charge is -2.34. The van der Waals surface area contributed by atoms with Gasteiger partial charge < -0.3 is 4.98 Å². The summed E-state index contributed by atoms with van der Waals surface area (Å²) in [7, 11) is -0.115. The molecule has 0 radical (unpaired) electrons. The molecular formula is C50H62F4N10O2S. The second-order valence-electron chi connectivity index (χ2n) is 18.6. The van der Waals surface area contributed by atoms with E-state index in [-0.39, 0.29) is 57.6 Å². The first-order valence-corrected chi connectivity index (χ1v) is 24.1. The molecule has 0 amide bonds. The maximum atomic E-state index is 13.7. The lowest BCUT2D eigenvalue weighted by Crippen LogP contribution is -2.37. The summed E-state index contributed by atoms with van der Waals surface area (Å²) in [4.78, 5) is 16.7. The number of alkyl halides is 4. The highest BCUT2D eigenvalue weighted by molar-refractivity contribution is 7.90. The SMILES string of the molecule is C.C.Cn1cc(-c2c[nH]c3ncc(C4CCC(N5CCC(F)(F)C5)CC4)cc23)cn1.Cn1cc(-c2cn(S(=O)(=O)c3ccccc3)c3ncc(C4CCC(N5CCC(F)(F)C5)CC4)cc23)cn1. The molecule has 12 nitrogen and oxygen atoms in total. The molecule has 0 unspecified atom stereocenters. The van der Waals surface area contributed by atoms with Crippen LogP contribution < -0.4 is 0 Å². The van der Waals surface area contributed by atoms with Crippen LogP contribution in [0.4, 0.5) is 17.6 Å². The molecule has 8 heterocycles. The van der Waals surface area contributed by atoms with E-state index in [0.29, 0.717) is 30.7 Å². The average molecular weight is 943 g/mol. The van der Waals surface area contributed by atoms with Crippen molar-refractivity contribution in [2.45, 2.75) is 120 Å². The maximum absolute atomic E-state index is 13.7. The van der Waals surface area contributed by atoms with Gasteiger partial charge in [0, 0.05) is 122 Å². The van der Waals surface area contributed by atoms with Gasteiger partial charge in [-0.3, -0.25) is 19.2 Å². The molecule has 2 aliphatic carbocycles. The Labute approximate surface area is 390 Å². The third-order valence-electron chi connectivity index (χ3n) is 14.3. The van der Waals surface area contributed by atoms with E-state index in [0.717, 1.165) is 95.6 Å². The monoisotopic (exact) mass is 942 g/mol. The molecule has 67 heavy (non-hydrogen) atoms. The van der Waals surface area contributed by atoms with Crippen molar-refractivity contribution in [3.8, 4) is 22.3 Å². The second kappa shape index (κ2) is 18.9. The van der Waals surface area contributed by atoms with Gasteiger partial charge in [0.2, 0.25) is 0 Å². The minimum absolute atomic E-state index is 0. The van der Waals surface area contributed by atoms with Crippen molar-refractivity contribution < 1.29 is 26.0 Å². The predicted molar refractivity (Wildman–Crippen MR) is 255 cm³/mol. The molecule has 11 rings (SSSR count). The molecule has 2 saturated carbocycles. The van der Waals surface area contributed by atoms with E-state index < -0.39 is 21.9 Å². The van der Waals surface area contributed by atoms with Crippen LogP contribution in [-0.2, 0) is 24.1 Å². The number of fused-ring (bicyclic) bond motifs is 2. The summed E-state index contributed by atoms with van der Waals surface area (Å²) in [6.07, 6.45) is 22.4. The van der Waals surface area contributed by atoms with Gasteiger partial charge in [0.15, 0.2) is 5.65 Å². The predicted octanol–water partition coefficient (Wildman–Crippen LogP) is 10.6. The summed E-state index contributed by atoms with van der Waals surface area (Å²) in [6, 6.07) is 13.1. The Kier molecular flexibility index (Phi) is 13.6. The van der Waals surface area contributed by atoms with Crippen LogP contribution in [0.15, 0.2) is 96.9 Å².